The van der Waals surface area contributed by atoms with Gasteiger partial charge in [-0.2, -0.15) is 0 Å². The first kappa shape index (κ1) is 40.3. The fraction of sp³-hybridized carbons (Fsp3) is 0.111. The number of hydrogen-bond acceptors (Lipinski definition) is 8. The number of anilines is 2. The summed E-state index contributed by atoms with van der Waals surface area (Å²) in [5, 5.41) is 5.99. The molecule has 0 aromatic heterocycles. The van der Waals surface area contributed by atoms with Gasteiger partial charge in [-0.15, -0.1) is 0 Å². The van der Waals surface area contributed by atoms with Gasteiger partial charge in [-0.3, -0.25) is 10.2 Å². The molecule has 10 nitrogen and oxygen atoms in total. The van der Waals surface area contributed by atoms with Gasteiger partial charge in [0.1, 0.15) is 47.7 Å². The van der Waals surface area contributed by atoms with Crippen LogP contribution in [0.1, 0.15) is 25.0 Å². The third-order valence-electron chi connectivity index (χ3n) is 8.52. The highest BCUT2D eigenvalue weighted by atomic mass is 31.2. The van der Waals surface area contributed by atoms with Crippen molar-refractivity contribution in [3.05, 3.63) is 194 Å². The molecular weight excluding hydrogens is 758 g/mol. The Morgan fingerprint density at radius 1 is 0.456 bits per heavy atom. The van der Waals surface area contributed by atoms with Crippen molar-refractivity contribution < 1.29 is 36.7 Å². The van der Waals surface area contributed by atoms with Crippen LogP contribution < -0.4 is 37.7 Å². The Bertz CT molecular complexity index is 2140. The van der Waals surface area contributed by atoms with E-state index in [0.29, 0.717) is 59.1 Å². The Balaban J connectivity index is 1.17. The Morgan fingerprint density at radius 3 is 1.07 bits per heavy atom. The van der Waals surface area contributed by atoms with Crippen LogP contribution in [0.25, 0.3) is 0 Å². The molecule has 0 saturated carbocycles. The largest absolute Gasteiger partial charge is 0.541 e. The molecule has 12 heteroatoms. The lowest BCUT2D eigenvalue weighted by molar-refractivity contribution is 0.361. The van der Waals surface area contributed by atoms with Crippen LogP contribution in [0.2, 0.25) is 0 Å². The molecule has 2 N–H and O–H groups in total. The maximum absolute atomic E-state index is 14.2. The van der Waals surface area contributed by atoms with Crippen LogP contribution in [0.4, 0.5) is 11.4 Å². The van der Waals surface area contributed by atoms with E-state index in [1.807, 2.05) is 60.7 Å². The Kier molecular flexibility index (Phi) is 13.1. The minimum atomic E-state index is -3.98. The van der Waals surface area contributed by atoms with E-state index in [1.165, 1.54) is 0 Å². The van der Waals surface area contributed by atoms with Gasteiger partial charge in [-0.05, 0) is 108 Å². The van der Waals surface area contributed by atoms with Gasteiger partial charge in [-0.25, -0.2) is 9.13 Å². The average Bonchev–Trinajstić information content (AvgIpc) is 3.21. The van der Waals surface area contributed by atoms with Gasteiger partial charge in [0, 0.05) is 16.8 Å². The zero-order valence-electron chi connectivity index (χ0n) is 31.7. The van der Waals surface area contributed by atoms with Crippen LogP contribution in [0, 0.1) is 0 Å². The zero-order chi connectivity index (χ0) is 40.1. The summed E-state index contributed by atoms with van der Waals surface area (Å²) in [4.78, 5) is 0. The van der Waals surface area contributed by atoms with Crippen molar-refractivity contribution in [2.75, 3.05) is 23.4 Å². The summed E-state index contributed by atoms with van der Waals surface area (Å²) in [6, 6.07) is 46.3. The molecule has 6 aromatic rings. The molecular formula is C45H44N2O8P2. The van der Waals surface area contributed by atoms with Crippen molar-refractivity contribution in [2.45, 2.75) is 19.3 Å². The van der Waals surface area contributed by atoms with E-state index in [2.05, 4.69) is 37.2 Å². The Labute approximate surface area is 333 Å². The normalized spacial score (nSPS) is 13.1. The molecule has 0 spiro atoms. The minimum absolute atomic E-state index is 0.335. The quantitative estimate of drug-likeness (QED) is 0.0571. The lowest BCUT2D eigenvalue weighted by atomic mass is 9.78. The fourth-order valence-electron chi connectivity index (χ4n) is 5.56. The van der Waals surface area contributed by atoms with Crippen LogP contribution >= 0.6 is 15.5 Å². The van der Waals surface area contributed by atoms with E-state index in [1.54, 1.807) is 109 Å². The summed E-state index contributed by atoms with van der Waals surface area (Å²) in [7, 11) is -7.95. The molecule has 0 heterocycles. The minimum Gasteiger partial charge on any atom is -0.490 e. The third-order valence-corrected chi connectivity index (χ3v) is 11.4. The first-order valence-corrected chi connectivity index (χ1v) is 21.2. The number of hydrogen-bond donors (Lipinski definition) is 2. The second-order valence-corrected chi connectivity index (χ2v) is 16.3. The maximum Gasteiger partial charge on any atom is 0.541 e. The number of rotatable bonds is 20. The summed E-state index contributed by atoms with van der Waals surface area (Å²) in [6.45, 7) is 12.2. The van der Waals surface area contributed by atoms with E-state index >= 15 is 0 Å². The second kappa shape index (κ2) is 18.5. The number of nitrogens with one attached hydrogen (secondary N) is 2. The summed E-state index contributed by atoms with van der Waals surface area (Å²) in [5.41, 5.74) is 2.60. The molecule has 0 bridgehead atoms. The molecule has 2 unspecified atom stereocenters. The summed E-state index contributed by atoms with van der Waals surface area (Å²) in [6.07, 6.45) is 3.31. The van der Waals surface area contributed by atoms with Crippen LogP contribution in [0.5, 0.6) is 34.5 Å². The predicted octanol–water partition coefficient (Wildman–Crippen LogP) is 12.5. The second-order valence-electron chi connectivity index (χ2n) is 13.1. The maximum atomic E-state index is 14.2. The lowest BCUT2D eigenvalue weighted by Gasteiger charge is -2.27. The molecule has 0 radical (unpaired) electrons. The number of ether oxygens (including phenoxy) is 2. The van der Waals surface area contributed by atoms with Gasteiger partial charge in [-0.1, -0.05) is 99.8 Å². The average molecular weight is 803 g/mol. The molecule has 0 saturated heterocycles. The van der Waals surface area contributed by atoms with Crippen LogP contribution in [0.3, 0.4) is 0 Å². The third kappa shape index (κ3) is 11.4. The van der Waals surface area contributed by atoms with Crippen molar-refractivity contribution in [1.82, 2.24) is 0 Å². The molecule has 0 aliphatic rings. The van der Waals surface area contributed by atoms with E-state index in [9.17, 15) is 9.13 Å². The molecule has 57 heavy (non-hydrogen) atoms. The van der Waals surface area contributed by atoms with Gasteiger partial charge in [0.05, 0.1) is 0 Å². The van der Waals surface area contributed by atoms with Gasteiger partial charge in [0.2, 0.25) is 0 Å². The van der Waals surface area contributed by atoms with Crippen LogP contribution in [-0.2, 0) is 14.5 Å². The van der Waals surface area contributed by atoms with Crippen LogP contribution in [0.15, 0.2) is 183 Å². The molecule has 6 aromatic carbocycles. The molecule has 292 valence electrons. The van der Waals surface area contributed by atoms with E-state index < -0.39 is 20.9 Å². The predicted molar refractivity (Wildman–Crippen MR) is 227 cm³/mol. The van der Waals surface area contributed by atoms with Crippen molar-refractivity contribution >= 4 is 26.9 Å². The molecule has 0 aliphatic carbocycles. The molecule has 0 aliphatic heterocycles. The van der Waals surface area contributed by atoms with Gasteiger partial charge >= 0.3 is 15.5 Å². The van der Waals surface area contributed by atoms with E-state index in [4.69, 9.17) is 27.6 Å². The standard InChI is InChI=1S/C45H44N2O8P2/c1-5-33-50-39-25-29-43(30-26-39)54-56(48,52-41-13-9-7-10-14-41)46-37-21-17-35(18-22-37)45(3,4)36-19-23-38(24-20-36)47-57(49,53-42-15-11-8-12-16-42)55-44-31-27-40(28-32-44)51-34-6-2/h5-32H,1-2,33-34H2,3-4H3,(H,46,48)(H,47,49). The fourth-order valence-corrected chi connectivity index (χ4v) is 8.34. The van der Waals surface area contributed by atoms with Crippen molar-refractivity contribution in [3.8, 4) is 34.5 Å². The van der Waals surface area contributed by atoms with Gasteiger partial charge in [0.25, 0.3) is 0 Å². The first-order chi connectivity index (χ1) is 27.5. The van der Waals surface area contributed by atoms with E-state index in [-0.39, 0.29) is 0 Å². The molecule has 0 fully saturated rings. The summed E-state index contributed by atoms with van der Waals surface area (Å²) < 4.78 is 63.3. The summed E-state index contributed by atoms with van der Waals surface area (Å²) in [5.74, 6) is 2.68. The lowest BCUT2D eigenvalue weighted by Crippen LogP contribution is -2.19. The zero-order valence-corrected chi connectivity index (χ0v) is 33.4. The monoisotopic (exact) mass is 802 g/mol. The smallest absolute Gasteiger partial charge is 0.490 e. The molecule has 2 atom stereocenters. The van der Waals surface area contributed by atoms with Crippen LogP contribution in [-0.4, -0.2) is 13.2 Å². The van der Waals surface area contributed by atoms with Gasteiger partial charge < -0.3 is 27.6 Å². The Morgan fingerprint density at radius 2 is 0.754 bits per heavy atom. The molecule has 6 rings (SSSR count). The van der Waals surface area contributed by atoms with Gasteiger partial charge in [0.15, 0.2) is 0 Å². The number of para-hydroxylation sites is 2. The van der Waals surface area contributed by atoms with E-state index in [0.717, 1.165) is 11.1 Å². The highest BCUT2D eigenvalue weighted by Gasteiger charge is 2.31. The SMILES string of the molecule is C=CCOc1ccc(OP(=O)(Nc2ccc(C(C)(C)c3ccc(NP(=O)(Oc4ccccc4)Oc4ccc(OCC=C)cc4)cc3)cc2)Oc2ccccc2)cc1. The topological polar surface area (TPSA) is 114 Å². The highest BCUT2D eigenvalue weighted by molar-refractivity contribution is 7.56. The van der Waals surface area contributed by atoms with Crippen molar-refractivity contribution in [1.29, 1.82) is 0 Å². The van der Waals surface area contributed by atoms with Crippen molar-refractivity contribution in [3.63, 3.8) is 0 Å². The highest BCUT2D eigenvalue weighted by Crippen LogP contribution is 2.50. The number of benzene rings is 6. The van der Waals surface area contributed by atoms with Crippen molar-refractivity contribution in [2.24, 2.45) is 0 Å². The molecule has 0 amide bonds. The first-order valence-electron chi connectivity index (χ1n) is 18.1. The summed E-state index contributed by atoms with van der Waals surface area (Å²) >= 11 is 0. The Hall–Kier alpha value is -6.34.